The molecule has 20 heavy (non-hydrogen) atoms. The Kier molecular flexibility index (Phi) is 4.15. The molecule has 5 heteroatoms. The molecule has 2 aromatic carbocycles. The predicted molar refractivity (Wildman–Crippen MR) is 75.3 cm³/mol. The lowest BCUT2D eigenvalue weighted by Crippen LogP contribution is -2.14. The van der Waals surface area contributed by atoms with Crippen LogP contribution in [-0.4, -0.2) is 21.3 Å². The lowest BCUT2D eigenvalue weighted by molar-refractivity contribution is -0.138. The third-order valence-electron chi connectivity index (χ3n) is 3.06. The molecule has 0 aliphatic heterocycles. The van der Waals surface area contributed by atoms with Crippen molar-refractivity contribution in [2.75, 3.05) is 0 Å². The lowest BCUT2D eigenvalue weighted by atomic mass is 9.91. The van der Waals surface area contributed by atoms with Crippen LogP contribution in [0.25, 0.3) is 0 Å². The Morgan fingerprint density at radius 2 is 1.75 bits per heavy atom. The van der Waals surface area contributed by atoms with Crippen molar-refractivity contribution < 1.29 is 20.1 Å². The number of carboxylic acid groups (broad SMARTS) is 1. The van der Waals surface area contributed by atoms with Crippen LogP contribution in [-0.2, 0) is 11.2 Å². The van der Waals surface area contributed by atoms with Crippen LogP contribution < -0.4 is 0 Å². The molecule has 0 amide bonds. The molecule has 0 aliphatic carbocycles. The molecule has 0 heterocycles. The van der Waals surface area contributed by atoms with Gasteiger partial charge in [-0.15, -0.1) is 0 Å². The zero-order valence-electron chi connectivity index (χ0n) is 10.5. The van der Waals surface area contributed by atoms with E-state index in [1.165, 1.54) is 24.3 Å². The number of carboxylic acids is 1. The summed E-state index contributed by atoms with van der Waals surface area (Å²) in [5, 5.41) is 28.8. The number of rotatable bonds is 4. The largest absolute Gasteiger partial charge is 0.508 e. The van der Waals surface area contributed by atoms with Gasteiger partial charge in [0.15, 0.2) is 0 Å². The average molecular weight is 293 g/mol. The Labute approximate surface area is 120 Å². The standard InChI is InChI=1S/C15H13ClO4/c16-11-3-6-14(18)10(7-11)8-13(15(19)20)9-1-4-12(17)5-2-9/h1-7,13,17-18H,8H2,(H,19,20). The number of aromatic hydroxyl groups is 2. The highest BCUT2D eigenvalue weighted by molar-refractivity contribution is 6.30. The number of carbonyl (C=O) groups is 1. The van der Waals surface area contributed by atoms with E-state index in [1.54, 1.807) is 18.2 Å². The summed E-state index contributed by atoms with van der Waals surface area (Å²) in [5.41, 5.74) is 1.02. The van der Waals surface area contributed by atoms with Crippen molar-refractivity contribution >= 4 is 17.6 Å². The molecule has 104 valence electrons. The minimum atomic E-state index is -1.00. The second-order valence-corrected chi connectivity index (χ2v) is 4.90. The highest BCUT2D eigenvalue weighted by atomic mass is 35.5. The highest BCUT2D eigenvalue weighted by Gasteiger charge is 2.21. The normalized spacial score (nSPS) is 12.1. The topological polar surface area (TPSA) is 77.8 Å². The monoisotopic (exact) mass is 292 g/mol. The first-order valence-electron chi connectivity index (χ1n) is 5.96. The maximum atomic E-state index is 11.4. The number of hydrogen-bond donors (Lipinski definition) is 3. The second kappa shape index (κ2) is 5.84. The average Bonchev–Trinajstić information content (AvgIpc) is 2.40. The molecule has 0 fully saturated rings. The number of aliphatic carboxylic acids is 1. The van der Waals surface area contributed by atoms with Crippen LogP contribution in [0.1, 0.15) is 17.0 Å². The molecule has 2 rings (SSSR count). The molecule has 0 radical (unpaired) electrons. The van der Waals surface area contributed by atoms with Gasteiger partial charge in [0.1, 0.15) is 11.5 Å². The van der Waals surface area contributed by atoms with Gasteiger partial charge in [0.2, 0.25) is 0 Å². The van der Waals surface area contributed by atoms with Crippen molar-refractivity contribution in [3.05, 3.63) is 58.6 Å². The zero-order valence-corrected chi connectivity index (χ0v) is 11.2. The maximum absolute atomic E-state index is 11.4. The van der Waals surface area contributed by atoms with Crippen molar-refractivity contribution in [2.45, 2.75) is 12.3 Å². The van der Waals surface area contributed by atoms with Gasteiger partial charge in [-0.25, -0.2) is 0 Å². The summed E-state index contributed by atoms with van der Waals surface area (Å²) in [6.07, 6.45) is 0.118. The Bertz CT molecular complexity index is 622. The molecular formula is C15H13ClO4. The SMILES string of the molecule is O=C(O)C(Cc1cc(Cl)ccc1O)c1ccc(O)cc1. The van der Waals surface area contributed by atoms with Gasteiger partial charge in [0, 0.05) is 5.02 Å². The van der Waals surface area contributed by atoms with Crippen LogP contribution in [0.5, 0.6) is 11.5 Å². The van der Waals surface area contributed by atoms with Gasteiger partial charge < -0.3 is 15.3 Å². The van der Waals surface area contributed by atoms with Crippen molar-refractivity contribution in [3.8, 4) is 11.5 Å². The summed E-state index contributed by atoms with van der Waals surface area (Å²) >= 11 is 5.86. The third kappa shape index (κ3) is 3.22. The highest BCUT2D eigenvalue weighted by Crippen LogP contribution is 2.29. The van der Waals surface area contributed by atoms with Crippen molar-refractivity contribution in [1.82, 2.24) is 0 Å². The molecule has 0 saturated carbocycles. The quantitative estimate of drug-likeness (QED) is 0.809. The van der Waals surface area contributed by atoms with Crippen LogP contribution in [0.3, 0.4) is 0 Å². The third-order valence-corrected chi connectivity index (χ3v) is 3.29. The molecule has 1 unspecified atom stereocenters. The minimum absolute atomic E-state index is 0.0134. The van der Waals surface area contributed by atoms with E-state index < -0.39 is 11.9 Å². The van der Waals surface area contributed by atoms with E-state index in [-0.39, 0.29) is 17.9 Å². The minimum Gasteiger partial charge on any atom is -0.508 e. The first kappa shape index (κ1) is 14.2. The summed E-state index contributed by atoms with van der Waals surface area (Å²) in [5.74, 6) is -1.74. The van der Waals surface area contributed by atoms with E-state index in [4.69, 9.17) is 11.6 Å². The fourth-order valence-electron chi connectivity index (χ4n) is 1.99. The molecule has 0 saturated heterocycles. The summed E-state index contributed by atoms with van der Waals surface area (Å²) in [6, 6.07) is 10.5. The molecular weight excluding hydrogens is 280 g/mol. The zero-order chi connectivity index (χ0) is 14.7. The number of phenolic OH excluding ortho intramolecular Hbond substituents is 2. The van der Waals surface area contributed by atoms with Crippen LogP contribution in [0.4, 0.5) is 0 Å². The predicted octanol–water partition coefficient (Wildman–Crippen LogP) is 3.16. The van der Waals surface area contributed by atoms with Crippen LogP contribution in [0.15, 0.2) is 42.5 Å². The van der Waals surface area contributed by atoms with Gasteiger partial charge >= 0.3 is 5.97 Å². The molecule has 0 spiro atoms. The Morgan fingerprint density at radius 3 is 2.35 bits per heavy atom. The summed E-state index contributed by atoms with van der Waals surface area (Å²) in [6.45, 7) is 0. The smallest absolute Gasteiger partial charge is 0.311 e. The molecule has 0 aromatic heterocycles. The molecule has 4 nitrogen and oxygen atoms in total. The fourth-order valence-corrected chi connectivity index (χ4v) is 2.19. The molecule has 0 aliphatic rings. The van der Waals surface area contributed by atoms with Gasteiger partial charge in [-0.1, -0.05) is 23.7 Å². The number of halogens is 1. The van der Waals surface area contributed by atoms with Crippen molar-refractivity contribution in [3.63, 3.8) is 0 Å². The first-order valence-corrected chi connectivity index (χ1v) is 6.34. The number of hydrogen-bond acceptors (Lipinski definition) is 3. The van der Waals surface area contributed by atoms with Crippen molar-refractivity contribution in [1.29, 1.82) is 0 Å². The maximum Gasteiger partial charge on any atom is 0.311 e. The van der Waals surface area contributed by atoms with Crippen LogP contribution >= 0.6 is 11.6 Å². The Balaban J connectivity index is 2.32. The van der Waals surface area contributed by atoms with Crippen molar-refractivity contribution in [2.24, 2.45) is 0 Å². The van der Waals surface area contributed by atoms with Gasteiger partial charge in [-0.2, -0.15) is 0 Å². The van der Waals surface area contributed by atoms with E-state index >= 15 is 0 Å². The summed E-state index contributed by atoms with van der Waals surface area (Å²) in [4.78, 5) is 11.4. The van der Waals surface area contributed by atoms with E-state index in [0.717, 1.165) is 0 Å². The molecule has 0 bridgehead atoms. The Morgan fingerprint density at radius 1 is 1.10 bits per heavy atom. The molecule has 3 N–H and O–H groups in total. The fraction of sp³-hybridized carbons (Fsp3) is 0.133. The van der Waals surface area contributed by atoms with E-state index in [1.807, 2.05) is 0 Å². The Hall–Kier alpha value is -2.20. The second-order valence-electron chi connectivity index (χ2n) is 4.46. The van der Waals surface area contributed by atoms with E-state index in [9.17, 15) is 20.1 Å². The number of benzene rings is 2. The van der Waals surface area contributed by atoms with Gasteiger partial charge in [-0.3, -0.25) is 4.79 Å². The summed E-state index contributed by atoms with van der Waals surface area (Å²) in [7, 11) is 0. The van der Waals surface area contributed by atoms with Gasteiger partial charge in [-0.05, 0) is 47.9 Å². The number of phenols is 2. The molecule has 1 atom stereocenters. The first-order chi connectivity index (χ1) is 9.47. The summed E-state index contributed by atoms with van der Waals surface area (Å²) < 4.78 is 0. The van der Waals surface area contributed by atoms with Crippen LogP contribution in [0.2, 0.25) is 5.02 Å². The van der Waals surface area contributed by atoms with Gasteiger partial charge in [0.05, 0.1) is 5.92 Å². The molecule has 2 aromatic rings. The van der Waals surface area contributed by atoms with E-state index in [2.05, 4.69) is 0 Å². The van der Waals surface area contributed by atoms with Gasteiger partial charge in [0.25, 0.3) is 0 Å². The lowest BCUT2D eigenvalue weighted by Gasteiger charge is -2.14. The van der Waals surface area contributed by atoms with Crippen LogP contribution in [0, 0.1) is 0 Å². The van der Waals surface area contributed by atoms with E-state index in [0.29, 0.717) is 16.1 Å².